The molecule has 4 aromatic rings. The third kappa shape index (κ3) is 4.28. The molecule has 0 saturated heterocycles. The van der Waals surface area contributed by atoms with E-state index in [1.54, 1.807) is 7.11 Å². The predicted octanol–water partition coefficient (Wildman–Crippen LogP) is 5.91. The molecule has 160 valence electrons. The predicted molar refractivity (Wildman–Crippen MR) is 129 cm³/mol. The van der Waals surface area contributed by atoms with E-state index >= 15 is 0 Å². The summed E-state index contributed by atoms with van der Waals surface area (Å²) in [6, 6.07) is 37.5. The molecule has 4 aromatic carbocycles. The number of carbonyl (C=O) groups excluding carboxylic acids is 1. The van der Waals surface area contributed by atoms with Crippen LogP contribution in [0.3, 0.4) is 0 Å². The Labute approximate surface area is 189 Å². The molecule has 0 saturated carbocycles. The minimum absolute atomic E-state index is 0.0560. The highest BCUT2D eigenvalue weighted by Crippen LogP contribution is 2.34. The first-order valence-corrected chi connectivity index (χ1v) is 10.7. The first-order valence-electron chi connectivity index (χ1n) is 10.7. The van der Waals surface area contributed by atoms with Gasteiger partial charge in [-0.05, 0) is 41.3 Å². The van der Waals surface area contributed by atoms with Gasteiger partial charge in [0, 0.05) is 0 Å². The number of rotatable bonds is 7. The van der Waals surface area contributed by atoms with Crippen molar-refractivity contribution in [2.45, 2.75) is 18.4 Å². The van der Waals surface area contributed by atoms with E-state index in [1.807, 2.05) is 122 Å². The van der Waals surface area contributed by atoms with Gasteiger partial charge in [0.25, 0.3) is 0 Å². The van der Waals surface area contributed by atoms with Gasteiger partial charge >= 0.3 is 0 Å². The van der Waals surface area contributed by atoms with Gasteiger partial charge in [-0.15, -0.1) is 0 Å². The molecule has 0 aromatic heterocycles. The third-order valence-electron chi connectivity index (χ3n) is 6.01. The van der Waals surface area contributed by atoms with Crippen molar-refractivity contribution < 1.29 is 9.53 Å². The molecule has 32 heavy (non-hydrogen) atoms. The molecule has 0 radical (unpaired) electrons. The second-order valence-corrected chi connectivity index (χ2v) is 7.95. The molecule has 0 bridgehead atoms. The lowest BCUT2D eigenvalue weighted by atomic mass is 9.75. The third-order valence-corrected chi connectivity index (χ3v) is 6.01. The van der Waals surface area contributed by atoms with Gasteiger partial charge in [-0.25, -0.2) is 0 Å². The zero-order chi connectivity index (χ0) is 22.4. The van der Waals surface area contributed by atoms with Crippen LogP contribution in [-0.2, 0) is 10.2 Å². The SMILES string of the molecule is COc1ccc(C(NC(=O)C(C)(c2ccccc2)c2ccccc2)c2ccccc2)cc1. The van der Waals surface area contributed by atoms with Crippen molar-refractivity contribution in [3.8, 4) is 5.75 Å². The van der Waals surface area contributed by atoms with Gasteiger partial charge in [-0.2, -0.15) is 0 Å². The summed E-state index contributed by atoms with van der Waals surface area (Å²) in [6.07, 6.45) is 0. The summed E-state index contributed by atoms with van der Waals surface area (Å²) in [7, 11) is 1.65. The maximum Gasteiger partial charge on any atom is 0.235 e. The molecule has 1 amide bonds. The standard InChI is InChI=1S/C29H27NO2/c1-29(24-14-8-4-9-15-24,25-16-10-5-11-17-25)28(31)30-27(22-12-6-3-7-13-22)23-18-20-26(32-2)21-19-23/h3-21,27H,1-2H3,(H,30,31). The van der Waals surface area contributed by atoms with Crippen LogP contribution in [0.2, 0.25) is 0 Å². The molecular weight excluding hydrogens is 394 g/mol. The van der Waals surface area contributed by atoms with Gasteiger partial charge < -0.3 is 10.1 Å². The van der Waals surface area contributed by atoms with Crippen LogP contribution in [0.15, 0.2) is 115 Å². The maximum absolute atomic E-state index is 14.0. The number of hydrogen-bond acceptors (Lipinski definition) is 2. The first kappa shape index (κ1) is 21.4. The summed E-state index contributed by atoms with van der Waals surface area (Å²) < 4.78 is 5.32. The molecule has 0 heterocycles. The zero-order valence-corrected chi connectivity index (χ0v) is 18.4. The number of benzene rings is 4. The second-order valence-electron chi connectivity index (χ2n) is 7.95. The largest absolute Gasteiger partial charge is 0.497 e. The highest BCUT2D eigenvalue weighted by atomic mass is 16.5. The summed E-state index contributed by atoms with van der Waals surface area (Å²) in [4.78, 5) is 14.0. The van der Waals surface area contributed by atoms with E-state index in [-0.39, 0.29) is 11.9 Å². The molecule has 1 unspecified atom stereocenters. The van der Waals surface area contributed by atoms with Gasteiger partial charge in [0.15, 0.2) is 0 Å². The lowest BCUT2D eigenvalue weighted by Gasteiger charge is -2.32. The molecule has 3 heteroatoms. The van der Waals surface area contributed by atoms with Crippen molar-refractivity contribution in [2.24, 2.45) is 0 Å². The number of carbonyl (C=O) groups is 1. The fourth-order valence-electron chi connectivity index (χ4n) is 4.05. The van der Waals surface area contributed by atoms with Gasteiger partial charge in [0.2, 0.25) is 5.91 Å². The van der Waals surface area contributed by atoms with Gasteiger partial charge in [-0.3, -0.25) is 4.79 Å². The Bertz CT molecular complexity index is 1100. The normalized spacial score (nSPS) is 12.1. The smallest absolute Gasteiger partial charge is 0.235 e. The van der Waals surface area contributed by atoms with Crippen molar-refractivity contribution in [1.29, 1.82) is 0 Å². The molecule has 0 aliphatic heterocycles. The van der Waals surface area contributed by atoms with Gasteiger partial charge in [0.1, 0.15) is 5.75 Å². The van der Waals surface area contributed by atoms with E-state index in [2.05, 4.69) is 5.32 Å². The minimum atomic E-state index is -0.845. The fraction of sp³-hybridized carbons (Fsp3) is 0.138. The van der Waals surface area contributed by atoms with Crippen LogP contribution in [0.1, 0.15) is 35.2 Å². The molecular formula is C29H27NO2. The van der Waals surface area contributed by atoms with Crippen molar-refractivity contribution >= 4 is 5.91 Å². The molecule has 4 rings (SSSR count). The highest BCUT2D eigenvalue weighted by molar-refractivity contribution is 5.92. The molecule has 0 spiro atoms. The number of hydrogen-bond donors (Lipinski definition) is 1. The number of methoxy groups -OCH3 is 1. The molecule has 1 N–H and O–H groups in total. The first-order chi connectivity index (χ1) is 15.6. The molecule has 0 fully saturated rings. The quantitative estimate of drug-likeness (QED) is 0.403. The van der Waals surface area contributed by atoms with E-state index in [1.165, 1.54) is 0 Å². The summed E-state index contributed by atoms with van der Waals surface area (Å²) in [6.45, 7) is 1.99. The number of amides is 1. The number of nitrogens with one attached hydrogen (secondary N) is 1. The Hall–Kier alpha value is -3.85. The molecule has 0 aliphatic rings. The Balaban J connectivity index is 1.76. The average Bonchev–Trinajstić information content (AvgIpc) is 2.88. The van der Waals surface area contributed by atoms with Gasteiger partial charge in [-0.1, -0.05) is 103 Å². The summed E-state index contributed by atoms with van der Waals surface area (Å²) in [5, 5.41) is 3.34. The van der Waals surface area contributed by atoms with Crippen LogP contribution >= 0.6 is 0 Å². The Morgan fingerprint density at radius 2 is 1.12 bits per heavy atom. The lowest BCUT2D eigenvalue weighted by Crippen LogP contribution is -2.44. The Morgan fingerprint density at radius 3 is 1.59 bits per heavy atom. The molecule has 3 nitrogen and oxygen atoms in total. The van der Waals surface area contributed by atoms with Gasteiger partial charge in [0.05, 0.1) is 18.6 Å². The van der Waals surface area contributed by atoms with Crippen LogP contribution in [0.25, 0.3) is 0 Å². The maximum atomic E-state index is 14.0. The van der Waals surface area contributed by atoms with Crippen molar-refractivity contribution in [3.05, 3.63) is 138 Å². The second kappa shape index (κ2) is 9.52. The Morgan fingerprint density at radius 1 is 0.688 bits per heavy atom. The van der Waals surface area contributed by atoms with E-state index in [0.717, 1.165) is 28.0 Å². The van der Waals surface area contributed by atoms with Crippen LogP contribution in [0.5, 0.6) is 5.75 Å². The fourth-order valence-corrected chi connectivity index (χ4v) is 4.05. The van der Waals surface area contributed by atoms with Crippen molar-refractivity contribution in [1.82, 2.24) is 5.32 Å². The van der Waals surface area contributed by atoms with E-state index < -0.39 is 5.41 Å². The molecule has 1 atom stereocenters. The molecule has 0 aliphatic carbocycles. The monoisotopic (exact) mass is 421 g/mol. The van der Waals surface area contributed by atoms with E-state index in [4.69, 9.17) is 4.74 Å². The summed E-state index contributed by atoms with van der Waals surface area (Å²) in [5.41, 5.74) is 3.07. The number of ether oxygens (including phenoxy) is 1. The Kier molecular flexibility index (Phi) is 6.37. The van der Waals surface area contributed by atoms with Crippen LogP contribution in [0.4, 0.5) is 0 Å². The summed E-state index contributed by atoms with van der Waals surface area (Å²) in [5.74, 6) is 0.727. The van der Waals surface area contributed by atoms with Crippen molar-refractivity contribution in [3.63, 3.8) is 0 Å². The average molecular weight is 422 g/mol. The van der Waals surface area contributed by atoms with Crippen LogP contribution < -0.4 is 10.1 Å². The van der Waals surface area contributed by atoms with Crippen LogP contribution in [-0.4, -0.2) is 13.0 Å². The van der Waals surface area contributed by atoms with E-state index in [9.17, 15) is 4.79 Å². The highest BCUT2D eigenvalue weighted by Gasteiger charge is 2.38. The zero-order valence-electron chi connectivity index (χ0n) is 18.4. The lowest BCUT2D eigenvalue weighted by molar-refractivity contribution is -0.125. The minimum Gasteiger partial charge on any atom is -0.497 e. The topological polar surface area (TPSA) is 38.3 Å². The summed E-state index contributed by atoms with van der Waals surface area (Å²) >= 11 is 0. The van der Waals surface area contributed by atoms with E-state index in [0.29, 0.717) is 0 Å². The van der Waals surface area contributed by atoms with Crippen LogP contribution in [0, 0.1) is 0 Å². The van der Waals surface area contributed by atoms with Crippen molar-refractivity contribution in [2.75, 3.05) is 7.11 Å².